The van der Waals surface area contributed by atoms with Gasteiger partial charge in [0.05, 0.1) is 0 Å². The average Bonchev–Trinajstić information content (AvgIpc) is 2.24. The van der Waals surface area contributed by atoms with Crippen molar-refractivity contribution in [2.75, 3.05) is 0 Å². The zero-order valence-electron chi connectivity index (χ0n) is 9.57. The smallest absolute Gasteiger partial charge is 0.423 e. The SMILES string of the molecule is O=c1ccc2ccc(OP(=O)(O)OP(=O)(O)O)cc2o1. The first kappa shape index (κ1) is 14.9. The number of benzene rings is 1. The van der Waals surface area contributed by atoms with Gasteiger partial charge in [-0.3, -0.25) is 4.89 Å². The zero-order valence-corrected chi connectivity index (χ0v) is 11.4. The summed E-state index contributed by atoms with van der Waals surface area (Å²) in [5.41, 5.74) is -0.556. The van der Waals surface area contributed by atoms with Crippen LogP contribution in [0.1, 0.15) is 0 Å². The fourth-order valence-electron chi connectivity index (χ4n) is 1.38. The number of phosphoric acid groups is 2. The maximum absolute atomic E-state index is 11.3. The predicted octanol–water partition coefficient (Wildman–Crippen LogP) is 1.38. The van der Waals surface area contributed by atoms with E-state index in [0.29, 0.717) is 5.39 Å². The van der Waals surface area contributed by atoms with E-state index in [1.165, 1.54) is 24.3 Å². The molecule has 2 rings (SSSR count). The van der Waals surface area contributed by atoms with Crippen molar-refractivity contribution in [3.05, 3.63) is 40.8 Å². The fourth-order valence-corrected chi connectivity index (χ4v) is 2.97. The molecular weight excluding hydrogens is 314 g/mol. The van der Waals surface area contributed by atoms with E-state index in [2.05, 4.69) is 8.83 Å². The lowest BCUT2D eigenvalue weighted by molar-refractivity contribution is 0.229. The van der Waals surface area contributed by atoms with Gasteiger partial charge in [-0.15, -0.1) is 0 Å². The molecule has 0 radical (unpaired) electrons. The Morgan fingerprint density at radius 1 is 1.05 bits per heavy atom. The highest BCUT2D eigenvalue weighted by atomic mass is 31.3. The number of hydrogen-bond donors (Lipinski definition) is 3. The molecule has 0 amide bonds. The van der Waals surface area contributed by atoms with Crippen LogP contribution in [0.2, 0.25) is 0 Å². The highest BCUT2D eigenvalue weighted by molar-refractivity contribution is 7.60. The lowest BCUT2D eigenvalue weighted by Crippen LogP contribution is -1.97. The molecule has 0 bridgehead atoms. The van der Waals surface area contributed by atoms with E-state index in [4.69, 9.17) is 19.1 Å². The first-order chi connectivity index (χ1) is 9.15. The Kier molecular flexibility index (Phi) is 3.84. The first-order valence-corrected chi connectivity index (χ1v) is 8.00. The summed E-state index contributed by atoms with van der Waals surface area (Å²) < 4.78 is 34.7. The van der Waals surface area contributed by atoms with Gasteiger partial charge in [0.2, 0.25) is 0 Å². The molecule has 1 aromatic heterocycles. The van der Waals surface area contributed by atoms with Gasteiger partial charge in [-0.2, -0.15) is 4.31 Å². The van der Waals surface area contributed by atoms with Gasteiger partial charge < -0.3 is 18.7 Å². The fraction of sp³-hybridized carbons (Fsp3) is 0. The van der Waals surface area contributed by atoms with Crippen molar-refractivity contribution in [2.24, 2.45) is 0 Å². The summed E-state index contributed by atoms with van der Waals surface area (Å²) >= 11 is 0. The number of hydrogen-bond acceptors (Lipinski definition) is 6. The molecule has 0 fully saturated rings. The van der Waals surface area contributed by atoms with Crippen LogP contribution in [0.15, 0.2) is 39.5 Å². The van der Waals surface area contributed by atoms with Crippen molar-refractivity contribution in [2.45, 2.75) is 0 Å². The molecule has 1 heterocycles. The normalized spacial score (nSPS) is 14.9. The monoisotopic (exact) mass is 322 g/mol. The Hall–Kier alpha value is -1.47. The molecule has 0 saturated heterocycles. The molecule has 20 heavy (non-hydrogen) atoms. The Bertz CT molecular complexity index is 789. The van der Waals surface area contributed by atoms with Crippen molar-refractivity contribution in [3.63, 3.8) is 0 Å². The van der Waals surface area contributed by atoms with Crippen molar-refractivity contribution in [1.82, 2.24) is 0 Å². The Morgan fingerprint density at radius 2 is 1.70 bits per heavy atom. The average molecular weight is 322 g/mol. The molecule has 9 nitrogen and oxygen atoms in total. The number of fused-ring (bicyclic) bond motifs is 1. The van der Waals surface area contributed by atoms with Crippen LogP contribution in [-0.4, -0.2) is 14.7 Å². The topological polar surface area (TPSA) is 144 Å². The van der Waals surface area contributed by atoms with Crippen molar-refractivity contribution < 1.29 is 37.1 Å². The maximum Gasteiger partial charge on any atom is 0.536 e. The van der Waals surface area contributed by atoms with E-state index in [-0.39, 0.29) is 11.3 Å². The molecule has 0 aliphatic rings. The van der Waals surface area contributed by atoms with Gasteiger partial charge in [0.15, 0.2) is 0 Å². The third-order valence-corrected chi connectivity index (χ3v) is 4.14. The van der Waals surface area contributed by atoms with Gasteiger partial charge in [-0.1, -0.05) is 0 Å². The highest BCUT2D eigenvalue weighted by Crippen LogP contribution is 2.57. The zero-order chi connectivity index (χ0) is 15.0. The molecular formula is C9H8O9P2. The van der Waals surface area contributed by atoms with Gasteiger partial charge in [-0.05, 0) is 18.2 Å². The summed E-state index contributed by atoms with van der Waals surface area (Å²) in [7, 11) is -10.2. The molecule has 1 unspecified atom stereocenters. The van der Waals surface area contributed by atoms with Gasteiger partial charge in [0, 0.05) is 17.5 Å². The summed E-state index contributed by atoms with van der Waals surface area (Å²) in [6, 6.07) is 6.44. The van der Waals surface area contributed by atoms with Crippen LogP contribution < -0.4 is 10.1 Å². The van der Waals surface area contributed by atoms with Crippen molar-refractivity contribution >= 4 is 26.6 Å². The quantitative estimate of drug-likeness (QED) is 0.561. The standard InChI is InChI=1S/C9H8O9P2/c10-9-4-2-6-1-3-7(5-8(6)16-9)17-20(14,15)18-19(11,12)13/h1-5H,(H,14,15)(H2,11,12,13). The molecule has 3 N–H and O–H groups in total. The first-order valence-electron chi connectivity index (χ1n) is 4.98. The molecule has 0 aliphatic heterocycles. The minimum absolute atomic E-state index is 0.0752. The summed E-state index contributed by atoms with van der Waals surface area (Å²) in [5.74, 6) is -0.258. The maximum atomic E-state index is 11.3. The van der Waals surface area contributed by atoms with Crippen molar-refractivity contribution in [1.29, 1.82) is 0 Å². The van der Waals surface area contributed by atoms with E-state index in [9.17, 15) is 13.9 Å². The van der Waals surface area contributed by atoms with Crippen molar-refractivity contribution in [3.8, 4) is 5.75 Å². The summed E-state index contributed by atoms with van der Waals surface area (Å²) in [5, 5.41) is 0.528. The molecule has 11 heteroatoms. The van der Waals surface area contributed by atoms with E-state index in [1.807, 2.05) is 0 Å². The predicted molar refractivity (Wildman–Crippen MR) is 66.1 cm³/mol. The van der Waals surface area contributed by atoms with E-state index < -0.39 is 21.3 Å². The Labute approximate surface area is 111 Å². The highest BCUT2D eigenvalue weighted by Gasteiger charge is 2.33. The van der Waals surface area contributed by atoms with E-state index in [1.54, 1.807) is 0 Å². The van der Waals surface area contributed by atoms with Crippen LogP contribution in [0.3, 0.4) is 0 Å². The number of phosphoric ester groups is 1. The third kappa shape index (κ3) is 4.01. The van der Waals surface area contributed by atoms with Crippen LogP contribution in [0.5, 0.6) is 5.75 Å². The third-order valence-electron chi connectivity index (χ3n) is 2.02. The Balaban J connectivity index is 2.32. The van der Waals surface area contributed by atoms with Crippen LogP contribution in [0.4, 0.5) is 0 Å². The summed E-state index contributed by atoms with van der Waals surface area (Å²) in [6.45, 7) is 0. The van der Waals surface area contributed by atoms with Gasteiger partial charge in [-0.25, -0.2) is 13.9 Å². The summed E-state index contributed by atoms with van der Waals surface area (Å²) in [6.07, 6.45) is 0. The minimum Gasteiger partial charge on any atom is -0.423 e. The lowest BCUT2D eigenvalue weighted by atomic mass is 10.2. The van der Waals surface area contributed by atoms with Gasteiger partial charge in [0.1, 0.15) is 11.3 Å². The second-order valence-corrected chi connectivity index (χ2v) is 6.34. The molecule has 1 aromatic carbocycles. The molecule has 0 spiro atoms. The second kappa shape index (κ2) is 5.14. The van der Waals surface area contributed by atoms with Crippen LogP contribution in [0.25, 0.3) is 11.0 Å². The summed E-state index contributed by atoms with van der Waals surface area (Å²) in [4.78, 5) is 37.1. The van der Waals surface area contributed by atoms with E-state index >= 15 is 0 Å². The molecule has 2 aromatic rings. The van der Waals surface area contributed by atoms with Crippen LogP contribution in [-0.2, 0) is 13.4 Å². The molecule has 1 atom stereocenters. The van der Waals surface area contributed by atoms with E-state index in [0.717, 1.165) is 6.07 Å². The van der Waals surface area contributed by atoms with Crippen LogP contribution >= 0.6 is 15.6 Å². The molecule has 108 valence electrons. The minimum atomic E-state index is -5.19. The lowest BCUT2D eigenvalue weighted by Gasteiger charge is -2.13. The van der Waals surface area contributed by atoms with Crippen LogP contribution in [0, 0.1) is 0 Å². The largest absolute Gasteiger partial charge is 0.536 e. The number of rotatable bonds is 4. The molecule has 0 saturated carbocycles. The van der Waals surface area contributed by atoms with Gasteiger partial charge in [0.25, 0.3) is 0 Å². The molecule has 0 aliphatic carbocycles. The Morgan fingerprint density at radius 3 is 2.35 bits per heavy atom. The van der Waals surface area contributed by atoms with Gasteiger partial charge >= 0.3 is 21.3 Å². The second-order valence-electron chi connectivity index (χ2n) is 3.59.